The van der Waals surface area contributed by atoms with Crippen molar-refractivity contribution in [2.45, 2.75) is 0 Å². The highest BCUT2D eigenvalue weighted by Gasteiger charge is 2.24. The third-order valence-corrected chi connectivity index (χ3v) is 2.56. The fourth-order valence-corrected chi connectivity index (χ4v) is 1.77. The lowest BCUT2D eigenvalue weighted by molar-refractivity contribution is -0.115. The van der Waals surface area contributed by atoms with Crippen LogP contribution in [0.25, 0.3) is 6.08 Å². The second-order valence-electron chi connectivity index (χ2n) is 2.84. The van der Waals surface area contributed by atoms with Gasteiger partial charge in [-0.1, -0.05) is 0 Å². The number of imide groups is 1. The van der Waals surface area contributed by atoms with E-state index in [1.54, 1.807) is 12.1 Å². The molecule has 0 aliphatic carbocycles. The normalized spacial score (nSPS) is 18.3. The molecular weight excluding hydrogens is 216 g/mol. The first-order chi connectivity index (χ1) is 7.15. The number of nitrogens with one attached hydrogen (secondary N) is 2. The van der Waals surface area contributed by atoms with E-state index in [4.69, 9.17) is 0 Å². The van der Waals surface area contributed by atoms with Gasteiger partial charge in [-0.05, 0) is 29.5 Å². The lowest BCUT2D eigenvalue weighted by Crippen LogP contribution is -2.17. The first kappa shape index (κ1) is 9.72. The second-order valence-corrected chi connectivity index (χ2v) is 3.85. The zero-order valence-corrected chi connectivity index (χ0v) is 8.26. The van der Waals surface area contributed by atoms with Crippen molar-refractivity contribution >= 4 is 29.0 Å². The molecule has 2 rings (SSSR count). The number of hydrogen-bond donors (Lipinski definition) is 2. The van der Waals surface area contributed by atoms with E-state index >= 15 is 0 Å². The van der Waals surface area contributed by atoms with Gasteiger partial charge < -0.3 is 4.98 Å². The Morgan fingerprint density at radius 2 is 2.00 bits per heavy atom. The average Bonchev–Trinajstić information content (AvgIpc) is 2.49. The van der Waals surface area contributed by atoms with Gasteiger partial charge in [0, 0.05) is 12.3 Å². The quantitative estimate of drug-likeness (QED) is 0.685. The Hall–Kier alpha value is -1.82. The van der Waals surface area contributed by atoms with Gasteiger partial charge in [-0.15, -0.1) is 0 Å². The molecule has 6 heteroatoms. The number of aromatic amines is 1. The summed E-state index contributed by atoms with van der Waals surface area (Å²) in [5, 5.41) is 1.76. The van der Waals surface area contributed by atoms with Crippen molar-refractivity contribution in [1.29, 1.82) is 0 Å². The highest BCUT2D eigenvalue weighted by Crippen LogP contribution is 2.24. The van der Waals surface area contributed by atoms with Crippen LogP contribution < -0.4 is 10.9 Å². The molecule has 0 aromatic carbocycles. The van der Waals surface area contributed by atoms with E-state index in [2.05, 4.69) is 10.3 Å². The third kappa shape index (κ3) is 2.16. The minimum atomic E-state index is -0.406. The first-order valence-corrected chi connectivity index (χ1v) is 4.90. The molecule has 76 valence electrons. The van der Waals surface area contributed by atoms with Crippen molar-refractivity contribution < 1.29 is 9.59 Å². The van der Waals surface area contributed by atoms with Crippen LogP contribution in [-0.2, 0) is 4.79 Å². The molecule has 0 radical (unpaired) electrons. The smallest absolute Gasteiger partial charge is 0.290 e. The van der Waals surface area contributed by atoms with E-state index in [0.717, 1.165) is 11.8 Å². The summed E-state index contributed by atoms with van der Waals surface area (Å²) in [6, 6.07) is 2.92. The molecule has 0 saturated carbocycles. The van der Waals surface area contributed by atoms with Crippen molar-refractivity contribution in [2.24, 2.45) is 0 Å². The van der Waals surface area contributed by atoms with E-state index in [9.17, 15) is 14.4 Å². The van der Waals surface area contributed by atoms with Gasteiger partial charge in [-0.2, -0.15) is 0 Å². The number of rotatable bonds is 1. The largest absolute Gasteiger partial charge is 0.329 e. The maximum Gasteiger partial charge on any atom is 0.290 e. The number of aromatic nitrogens is 1. The second kappa shape index (κ2) is 3.74. The Balaban J connectivity index is 2.30. The Morgan fingerprint density at radius 3 is 2.53 bits per heavy atom. The van der Waals surface area contributed by atoms with Crippen LogP contribution in [0, 0.1) is 0 Å². The van der Waals surface area contributed by atoms with Crippen LogP contribution in [0.2, 0.25) is 0 Å². The van der Waals surface area contributed by atoms with Gasteiger partial charge in [-0.25, -0.2) is 0 Å². The molecule has 5 nitrogen and oxygen atoms in total. The van der Waals surface area contributed by atoms with E-state index < -0.39 is 5.91 Å². The van der Waals surface area contributed by atoms with Crippen molar-refractivity contribution in [3.05, 3.63) is 39.2 Å². The predicted molar refractivity (Wildman–Crippen MR) is 56.2 cm³/mol. The van der Waals surface area contributed by atoms with Crippen LogP contribution >= 0.6 is 11.8 Å². The third-order valence-electron chi connectivity index (χ3n) is 1.75. The number of thioether (sulfide) groups is 1. The van der Waals surface area contributed by atoms with E-state index in [1.165, 1.54) is 12.3 Å². The van der Waals surface area contributed by atoms with Gasteiger partial charge in [-0.3, -0.25) is 19.7 Å². The fraction of sp³-hybridized carbons (Fsp3) is 0. The molecule has 0 spiro atoms. The van der Waals surface area contributed by atoms with Crippen molar-refractivity contribution in [2.75, 3.05) is 0 Å². The number of hydrogen-bond acceptors (Lipinski definition) is 4. The van der Waals surface area contributed by atoms with Crippen LogP contribution in [0.4, 0.5) is 4.79 Å². The summed E-state index contributed by atoms with van der Waals surface area (Å²) in [5.74, 6) is -0.406. The predicted octanol–water partition coefficient (Wildman–Crippen LogP) is 0.699. The topological polar surface area (TPSA) is 79.0 Å². The van der Waals surface area contributed by atoms with Gasteiger partial charge in [0.05, 0.1) is 4.91 Å². The molecule has 0 unspecified atom stereocenters. The molecule has 1 aliphatic rings. The molecule has 2 heterocycles. The van der Waals surface area contributed by atoms with E-state index in [0.29, 0.717) is 10.5 Å². The zero-order valence-electron chi connectivity index (χ0n) is 7.44. The van der Waals surface area contributed by atoms with E-state index in [-0.39, 0.29) is 10.8 Å². The monoisotopic (exact) mass is 222 g/mol. The van der Waals surface area contributed by atoms with Gasteiger partial charge in [0.2, 0.25) is 5.56 Å². The molecule has 1 fully saturated rings. The maximum absolute atomic E-state index is 11.2. The number of carbonyl (C=O) groups excluding carboxylic acids is 2. The SMILES string of the molecule is O=C1NC(=O)/C(=C\c2ccc(=O)[nH]c2)S1. The Morgan fingerprint density at radius 1 is 1.20 bits per heavy atom. The molecular formula is C9H6N2O3S. The van der Waals surface area contributed by atoms with Crippen LogP contribution in [-0.4, -0.2) is 16.1 Å². The molecule has 2 amide bonds. The molecule has 15 heavy (non-hydrogen) atoms. The van der Waals surface area contributed by atoms with Crippen LogP contribution in [0.15, 0.2) is 28.0 Å². The number of pyridine rings is 1. The Labute approximate surface area is 88.6 Å². The lowest BCUT2D eigenvalue weighted by Gasteiger charge is -1.92. The molecule has 1 aliphatic heterocycles. The highest BCUT2D eigenvalue weighted by atomic mass is 32.2. The van der Waals surface area contributed by atoms with Crippen LogP contribution in [0.3, 0.4) is 0 Å². The Kier molecular flexibility index (Phi) is 2.42. The van der Waals surface area contributed by atoms with Crippen molar-refractivity contribution in [3.63, 3.8) is 0 Å². The zero-order chi connectivity index (χ0) is 10.8. The molecule has 1 aromatic rings. The summed E-state index contributed by atoms with van der Waals surface area (Å²) in [4.78, 5) is 35.6. The van der Waals surface area contributed by atoms with Crippen molar-refractivity contribution in [3.8, 4) is 0 Å². The van der Waals surface area contributed by atoms with Gasteiger partial charge in [0.1, 0.15) is 0 Å². The van der Waals surface area contributed by atoms with Gasteiger partial charge in [0.25, 0.3) is 11.1 Å². The van der Waals surface area contributed by atoms with E-state index in [1.807, 2.05) is 0 Å². The maximum atomic E-state index is 11.2. The summed E-state index contributed by atoms with van der Waals surface area (Å²) in [7, 11) is 0. The molecule has 0 atom stereocenters. The molecule has 1 saturated heterocycles. The number of carbonyl (C=O) groups is 2. The van der Waals surface area contributed by atoms with Crippen LogP contribution in [0.1, 0.15) is 5.56 Å². The Bertz CT molecular complexity index is 498. The summed E-state index contributed by atoms with van der Waals surface area (Å²) < 4.78 is 0. The minimum absolute atomic E-state index is 0.211. The average molecular weight is 222 g/mol. The standard InChI is InChI=1S/C9H6N2O3S/c12-7-2-1-5(4-10-7)3-6-8(13)11-9(14)15-6/h1-4H,(H,10,12)(H,11,13,14)/b6-3+. The molecule has 2 N–H and O–H groups in total. The van der Waals surface area contributed by atoms with Gasteiger partial charge in [0.15, 0.2) is 0 Å². The minimum Gasteiger partial charge on any atom is -0.329 e. The summed E-state index contributed by atoms with van der Waals surface area (Å²) >= 11 is 0.842. The van der Waals surface area contributed by atoms with Gasteiger partial charge >= 0.3 is 0 Å². The molecule has 1 aromatic heterocycles. The van der Waals surface area contributed by atoms with Crippen LogP contribution in [0.5, 0.6) is 0 Å². The number of amides is 2. The lowest BCUT2D eigenvalue weighted by atomic mass is 10.2. The van der Waals surface area contributed by atoms with Crippen molar-refractivity contribution in [1.82, 2.24) is 10.3 Å². The summed E-state index contributed by atoms with van der Waals surface area (Å²) in [6.07, 6.45) is 3.02. The summed E-state index contributed by atoms with van der Waals surface area (Å²) in [5.41, 5.74) is 0.457. The highest BCUT2D eigenvalue weighted by molar-refractivity contribution is 8.18. The summed E-state index contributed by atoms with van der Waals surface area (Å²) in [6.45, 7) is 0. The first-order valence-electron chi connectivity index (χ1n) is 4.09. The fourth-order valence-electron chi connectivity index (χ4n) is 1.08. The molecule has 0 bridgehead atoms. The number of H-pyrrole nitrogens is 1.